The zero-order chi connectivity index (χ0) is 23.6. The van der Waals surface area contributed by atoms with Crippen LogP contribution in [-0.4, -0.2) is 33.0 Å². The van der Waals surface area contributed by atoms with Crippen molar-refractivity contribution in [1.29, 1.82) is 0 Å². The average Bonchev–Trinajstić information content (AvgIpc) is 3.43. The molecule has 1 aromatic carbocycles. The smallest absolute Gasteiger partial charge is 0.452 e. The van der Waals surface area contributed by atoms with Crippen molar-refractivity contribution in [2.45, 2.75) is 31.5 Å². The Kier molecular flexibility index (Phi) is 6.03. The summed E-state index contributed by atoms with van der Waals surface area (Å²) in [5, 5.41) is 14.6. The Morgan fingerprint density at radius 3 is 2.45 bits per heavy atom. The second-order valence-electron chi connectivity index (χ2n) is 7.64. The van der Waals surface area contributed by atoms with Crippen molar-refractivity contribution in [1.82, 2.24) is 9.97 Å². The SMILES string of the molecule is O=C(Nc1ccc(N[C@H]2CC[C@H](C(=O)O)C2)nc1)c1nc(-c2ccccc2)oc1C(F)(F)F. The maximum Gasteiger partial charge on any atom is 0.452 e. The van der Waals surface area contributed by atoms with Crippen LogP contribution in [0.3, 0.4) is 0 Å². The van der Waals surface area contributed by atoms with E-state index in [-0.39, 0.29) is 17.6 Å². The van der Waals surface area contributed by atoms with Gasteiger partial charge in [-0.3, -0.25) is 9.59 Å². The molecule has 1 fully saturated rings. The monoisotopic (exact) mass is 460 g/mol. The number of rotatable bonds is 6. The molecule has 0 saturated heterocycles. The number of aromatic nitrogens is 2. The quantitative estimate of drug-likeness (QED) is 0.489. The number of nitrogens with zero attached hydrogens (tertiary/aromatic N) is 2. The number of aliphatic carboxylic acids is 1. The summed E-state index contributed by atoms with van der Waals surface area (Å²) in [4.78, 5) is 31.5. The van der Waals surface area contributed by atoms with Crippen molar-refractivity contribution < 1.29 is 32.3 Å². The minimum atomic E-state index is -4.91. The van der Waals surface area contributed by atoms with Crippen molar-refractivity contribution in [3.8, 4) is 11.5 Å². The molecule has 4 rings (SSSR count). The fourth-order valence-corrected chi connectivity index (χ4v) is 3.66. The minimum Gasteiger partial charge on any atom is -0.481 e. The van der Waals surface area contributed by atoms with E-state index in [4.69, 9.17) is 9.52 Å². The third-order valence-electron chi connectivity index (χ3n) is 5.28. The molecule has 0 radical (unpaired) electrons. The van der Waals surface area contributed by atoms with Gasteiger partial charge in [-0.05, 0) is 43.5 Å². The number of alkyl halides is 3. The molecule has 172 valence electrons. The topological polar surface area (TPSA) is 117 Å². The number of hydrogen-bond acceptors (Lipinski definition) is 6. The molecule has 2 aromatic heterocycles. The molecule has 1 saturated carbocycles. The van der Waals surface area contributed by atoms with E-state index in [2.05, 4.69) is 20.6 Å². The number of benzene rings is 1. The molecule has 11 heteroatoms. The minimum absolute atomic E-state index is 0.0417. The van der Waals surface area contributed by atoms with Gasteiger partial charge in [0.1, 0.15) is 5.82 Å². The number of carbonyl (C=O) groups excluding carboxylic acids is 1. The van der Waals surface area contributed by atoms with Gasteiger partial charge >= 0.3 is 12.1 Å². The average molecular weight is 460 g/mol. The summed E-state index contributed by atoms with van der Waals surface area (Å²) in [6, 6.07) is 10.9. The van der Waals surface area contributed by atoms with Crippen LogP contribution >= 0.6 is 0 Å². The van der Waals surface area contributed by atoms with Gasteiger partial charge in [0.15, 0.2) is 5.69 Å². The largest absolute Gasteiger partial charge is 0.481 e. The van der Waals surface area contributed by atoms with Crippen molar-refractivity contribution in [3.05, 3.63) is 60.1 Å². The van der Waals surface area contributed by atoms with E-state index in [0.717, 1.165) is 0 Å². The number of halogens is 3. The standard InChI is InChI=1S/C22H19F3N4O4/c23-22(24,25)18-17(29-20(33-18)12-4-2-1-3-5-12)19(30)28-15-8-9-16(26-11-15)27-14-7-6-13(10-14)21(31)32/h1-5,8-9,11,13-14H,6-7,10H2,(H,26,27)(H,28,30)(H,31,32)/t13-,14-/m0/s1. The van der Waals surface area contributed by atoms with Gasteiger partial charge in [-0.1, -0.05) is 18.2 Å². The molecule has 1 aliphatic rings. The summed E-state index contributed by atoms with van der Waals surface area (Å²) in [5.74, 6) is -3.65. The number of hydrogen-bond donors (Lipinski definition) is 3. The number of carboxylic acids is 1. The van der Waals surface area contributed by atoms with Gasteiger partial charge < -0.3 is 20.2 Å². The molecule has 1 aliphatic carbocycles. The zero-order valence-electron chi connectivity index (χ0n) is 17.1. The lowest BCUT2D eigenvalue weighted by Crippen LogP contribution is -2.19. The van der Waals surface area contributed by atoms with Gasteiger partial charge in [-0.15, -0.1) is 0 Å². The molecule has 8 nitrogen and oxygen atoms in total. The number of carboxylic acid groups (broad SMARTS) is 1. The second kappa shape index (κ2) is 8.93. The second-order valence-corrected chi connectivity index (χ2v) is 7.64. The van der Waals surface area contributed by atoms with Crippen LogP contribution in [-0.2, 0) is 11.0 Å². The molecule has 1 amide bonds. The molecule has 33 heavy (non-hydrogen) atoms. The number of oxazole rings is 1. The predicted molar refractivity (Wildman–Crippen MR) is 112 cm³/mol. The highest BCUT2D eigenvalue weighted by Crippen LogP contribution is 2.35. The normalized spacial score (nSPS) is 18.2. The Morgan fingerprint density at radius 1 is 1.09 bits per heavy atom. The van der Waals surface area contributed by atoms with Gasteiger partial charge in [0.05, 0.1) is 17.8 Å². The summed E-state index contributed by atoms with van der Waals surface area (Å²) >= 11 is 0. The first-order valence-corrected chi connectivity index (χ1v) is 10.1. The molecule has 0 unspecified atom stereocenters. The number of anilines is 2. The molecule has 2 atom stereocenters. The van der Waals surface area contributed by atoms with Crippen molar-refractivity contribution in [3.63, 3.8) is 0 Å². The van der Waals surface area contributed by atoms with Crippen molar-refractivity contribution in [2.75, 3.05) is 10.6 Å². The number of pyridine rings is 1. The van der Waals surface area contributed by atoms with Crippen LogP contribution in [0.1, 0.15) is 35.5 Å². The van der Waals surface area contributed by atoms with Crippen molar-refractivity contribution >= 4 is 23.4 Å². The Bertz CT molecular complexity index is 1150. The molecule has 0 aliphatic heterocycles. The fourth-order valence-electron chi connectivity index (χ4n) is 3.66. The molecular weight excluding hydrogens is 441 g/mol. The van der Waals surface area contributed by atoms with E-state index in [1.807, 2.05) is 0 Å². The highest BCUT2D eigenvalue weighted by Gasteiger charge is 2.42. The van der Waals surface area contributed by atoms with E-state index < -0.39 is 35.4 Å². The van der Waals surface area contributed by atoms with Crippen LogP contribution in [0.25, 0.3) is 11.5 Å². The number of amides is 1. The van der Waals surface area contributed by atoms with Crippen LogP contribution in [0.2, 0.25) is 0 Å². The van der Waals surface area contributed by atoms with Gasteiger partial charge in [0.2, 0.25) is 11.7 Å². The number of carbonyl (C=O) groups is 2. The Hall–Kier alpha value is -3.89. The first-order valence-electron chi connectivity index (χ1n) is 10.1. The summed E-state index contributed by atoms with van der Waals surface area (Å²) in [6.07, 6.45) is -1.88. The van der Waals surface area contributed by atoms with Gasteiger partial charge in [-0.2, -0.15) is 13.2 Å². The van der Waals surface area contributed by atoms with Gasteiger partial charge in [-0.25, -0.2) is 9.97 Å². The molecule has 0 bridgehead atoms. The maximum atomic E-state index is 13.4. The third kappa shape index (κ3) is 5.13. The van der Waals surface area contributed by atoms with Crippen LogP contribution < -0.4 is 10.6 Å². The first-order chi connectivity index (χ1) is 15.7. The van der Waals surface area contributed by atoms with E-state index >= 15 is 0 Å². The fraction of sp³-hybridized carbons (Fsp3) is 0.273. The zero-order valence-corrected chi connectivity index (χ0v) is 17.1. The van der Waals surface area contributed by atoms with E-state index in [1.54, 1.807) is 24.3 Å². The lowest BCUT2D eigenvalue weighted by molar-refractivity contribution is -0.153. The first kappa shape index (κ1) is 22.3. The molecule has 3 aromatic rings. The van der Waals surface area contributed by atoms with Gasteiger partial charge in [0.25, 0.3) is 5.91 Å². The summed E-state index contributed by atoms with van der Waals surface area (Å²) in [5.41, 5.74) is -0.414. The van der Waals surface area contributed by atoms with Crippen LogP contribution in [0.4, 0.5) is 24.7 Å². The van der Waals surface area contributed by atoms with Crippen LogP contribution in [0, 0.1) is 5.92 Å². The van der Waals surface area contributed by atoms with E-state index in [9.17, 15) is 22.8 Å². The lowest BCUT2D eigenvalue weighted by Gasteiger charge is -2.13. The van der Waals surface area contributed by atoms with Gasteiger partial charge in [0, 0.05) is 11.6 Å². The Labute approximate surface area is 185 Å². The Morgan fingerprint density at radius 2 is 1.85 bits per heavy atom. The molecule has 2 heterocycles. The summed E-state index contributed by atoms with van der Waals surface area (Å²) in [6.45, 7) is 0. The molecule has 0 spiro atoms. The predicted octanol–water partition coefficient (Wildman–Crippen LogP) is 4.67. The summed E-state index contributed by atoms with van der Waals surface area (Å²) in [7, 11) is 0. The highest BCUT2D eigenvalue weighted by atomic mass is 19.4. The Balaban J connectivity index is 1.47. The summed E-state index contributed by atoms with van der Waals surface area (Å²) < 4.78 is 45.2. The highest BCUT2D eigenvalue weighted by molar-refractivity contribution is 6.04. The molecule has 3 N–H and O–H groups in total. The van der Waals surface area contributed by atoms with Crippen molar-refractivity contribution in [2.24, 2.45) is 5.92 Å². The van der Waals surface area contributed by atoms with E-state index in [0.29, 0.717) is 30.6 Å². The van der Waals surface area contributed by atoms with Crippen LogP contribution in [0.15, 0.2) is 53.1 Å². The third-order valence-corrected chi connectivity index (χ3v) is 5.28. The van der Waals surface area contributed by atoms with E-state index in [1.165, 1.54) is 24.4 Å². The maximum absolute atomic E-state index is 13.4. The lowest BCUT2D eigenvalue weighted by atomic mass is 10.1. The molecular formula is C22H19F3N4O4. The van der Waals surface area contributed by atoms with Crippen LogP contribution in [0.5, 0.6) is 0 Å². The number of nitrogens with one attached hydrogen (secondary N) is 2.